The summed E-state index contributed by atoms with van der Waals surface area (Å²) >= 11 is 2.86. The normalized spacial score (nSPS) is 10.2. The molecule has 0 aliphatic heterocycles. The number of aromatic carboxylic acids is 1. The zero-order valence-corrected chi connectivity index (χ0v) is 9.48. The van der Waals surface area contributed by atoms with Crippen molar-refractivity contribution < 1.29 is 9.90 Å². The van der Waals surface area contributed by atoms with Gasteiger partial charge < -0.3 is 10.4 Å². The number of nitrogens with zero attached hydrogens (tertiary/aromatic N) is 1. The first-order valence-corrected chi connectivity index (χ1v) is 5.87. The first-order valence-electron chi connectivity index (χ1n) is 4.18. The Morgan fingerprint density at radius 2 is 2.40 bits per heavy atom. The number of hydrogen-bond donors (Lipinski definition) is 2. The van der Waals surface area contributed by atoms with Crippen molar-refractivity contribution in [1.29, 1.82) is 0 Å². The molecular weight excluding hydrogens is 232 g/mol. The van der Waals surface area contributed by atoms with Gasteiger partial charge in [0.05, 0.1) is 4.88 Å². The molecule has 15 heavy (non-hydrogen) atoms. The molecule has 4 nitrogen and oxygen atoms in total. The largest absolute Gasteiger partial charge is 0.476 e. The number of aromatic nitrogens is 1. The van der Waals surface area contributed by atoms with Crippen LogP contribution in [0.25, 0.3) is 9.75 Å². The van der Waals surface area contributed by atoms with Crippen LogP contribution in [0, 0.1) is 0 Å². The highest BCUT2D eigenvalue weighted by molar-refractivity contribution is 7.23. The minimum atomic E-state index is -0.990. The maximum atomic E-state index is 11.0. The van der Waals surface area contributed by atoms with E-state index in [2.05, 4.69) is 10.3 Å². The quantitative estimate of drug-likeness (QED) is 0.865. The molecule has 0 unspecified atom stereocenters. The standard InChI is InChI=1S/C9H8N2O2S2/c1-10-9-11-6(8(12)13)7(15-9)5-3-2-4-14-5/h2-4H,1H3,(H,10,11)(H,12,13). The van der Waals surface area contributed by atoms with E-state index in [0.29, 0.717) is 10.0 Å². The molecule has 0 fully saturated rings. The fraction of sp³-hybridized carbons (Fsp3) is 0.111. The van der Waals surface area contributed by atoms with Crippen LogP contribution in [0.15, 0.2) is 17.5 Å². The van der Waals surface area contributed by atoms with Crippen LogP contribution in [0.3, 0.4) is 0 Å². The molecule has 0 bridgehead atoms. The number of thiophene rings is 1. The van der Waals surface area contributed by atoms with E-state index in [1.807, 2.05) is 17.5 Å². The second-order valence-electron chi connectivity index (χ2n) is 2.73. The number of hydrogen-bond acceptors (Lipinski definition) is 5. The predicted molar refractivity (Wildman–Crippen MR) is 61.9 cm³/mol. The van der Waals surface area contributed by atoms with E-state index in [0.717, 1.165) is 4.88 Å². The molecule has 2 rings (SSSR count). The Balaban J connectivity index is 2.54. The Labute approximate surface area is 94.2 Å². The van der Waals surface area contributed by atoms with E-state index in [1.165, 1.54) is 22.7 Å². The number of rotatable bonds is 3. The third-order valence-electron chi connectivity index (χ3n) is 1.79. The van der Waals surface area contributed by atoms with Crippen molar-refractivity contribution in [2.75, 3.05) is 12.4 Å². The van der Waals surface area contributed by atoms with Gasteiger partial charge in [0.2, 0.25) is 0 Å². The van der Waals surface area contributed by atoms with E-state index < -0.39 is 5.97 Å². The monoisotopic (exact) mass is 240 g/mol. The minimum Gasteiger partial charge on any atom is -0.476 e. The van der Waals surface area contributed by atoms with Crippen LogP contribution in [0.4, 0.5) is 5.13 Å². The summed E-state index contributed by atoms with van der Waals surface area (Å²) < 4.78 is 0. The lowest BCUT2D eigenvalue weighted by Crippen LogP contribution is -1.98. The summed E-state index contributed by atoms with van der Waals surface area (Å²) in [5.41, 5.74) is 0.117. The highest BCUT2D eigenvalue weighted by Crippen LogP contribution is 2.35. The summed E-state index contributed by atoms with van der Waals surface area (Å²) in [4.78, 5) is 16.6. The molecule has 2 aromatic heterocycles. The highest BCUT2D eigenvalue weighted by atomic mass is 32.1. The Hall–Kier alpha value is -1.40. The summed E-state index contributed by atoms with van der Waals surface area (Å²) in [6.07, 6.45) is 0. The van der Waals surface area contributed by atoms with Crippen molar-refractivity contribution in [3.63, 3.8) is 0 Å². The van der Waals surface area contributed by atoms with Crippen molar-refractivity contribution in [3.8, 4) is 9.75 Å². The molecule has 6 heteroatoms. The van der Waals surface area contributed by atoms with Gasteiger partial charge >= 0.3 is 5.97 Å². The minimum absolute atomic E-state index is 0.117. The number of thiazole rings is 1. The summed E-state index contributed by atoms with van der Waals surface area (Å²) in [6, 6.07) is 3.79. The zero-order valence-electron chi connectivity index (χ0n) is 7.85. The summed E-state index contributed by atoms with van der Waals surface area (Å²) in [5, 5.41) is 14.4. The van der Waals surface area contributed by atoms with Gasteiger partial charge in [-0.25, -0.2) is 9.78 Å². The van der Waals surface area contributed by atoms with Gasteiger partial charge in [-0.3, -0.25) is 0 Å². The Kier molecular flexibility index (Phi) is 2.70. The van der Waals surface area contributed by atoms with Crippen molar-refractivity contribution in [2.45, 2.75) is 0 Å². The average Bonchev–Trinajstić information content (AvgIpc) is 2.86. The lowest BCUT2D eigenvalue weighted by molar-refractivity contribution is 0.0692. The van der Waals surface area contributed by atoms with Gasteiger partial charge in [-0.05, 0) is 11.4 Å². The SMILES string of the molecule is CNc1nc(C(=O)O)c(-c2cccs2)s1. The molecule has 0 aliphatic carbocycles. The summed E-state index contributed by atoms with van der Waals surface area (Å²) in [6.45, 7) is 0. The molecule has 0 saturated heterocycles. The molecule has 0 saturated carbocycles. The van der Waals surface area contributed by atoms with Crippen LogP contribution in [-0.4, -0.2) is 23.1 Å². The van der Waals surface area contributed by atoms with Crippen LogP contribution >= 0.6 is 22.7 Å². The van der Waals surface area contributed by atoms with E-state index >= 15 is 0 Å². The van der Waals surface area contributed by atoms with Crippen molar-refractivity contribution >= 4 is 33.8 Å². The van der Waals surface area contributed by atoms with Gasteiger partial charge in [-0.2, -0.15) is 0 Å². The Morgan fingerprint density at radius 3 is 2.93 bits per heavy atom. The van der Waals surface area contributed by atoms with Gasteiger partial charge in [-0.15, -0.1) is 11.3 Å². The highest BCUT2D eigenvalue weighted by Gasteiger charge is 2.18. The van der Waals surface area contributed by atoms with E-state index in [9.17, 15) is 4.79 Å². The summed E-state index contributed by atoms with van der Waals surface area (Å²) in [7, 11) is 1.72. The van der Waals surface area contributed by atoms with E-state index in [-0.39, 0.29) is 5.69 Å². The molecule has 2 aromatic rings. The predicted octanol–water partition coefficient (Wildman–Crippen LogP) is 2.61. The van der Waals surface area contributed by atoms with Gasteiger partial charge in [-0.1, -0.05) is 17.4 Å². The number of carboxylic acid groups (broad SMARTS) is 1. The third-order valence-corrected chi connectivity index (χ3v) is 3.91. The fourth-order valence-electron chi connectivity index (χ4n) is 1.15. The van der Waals surface area contributed by atoms with Gasteiger partial charge in [0, 0.05) is 11.9 Å². The number of carbonyl (C=O) groups is 1. The van der Waals surface area contributed by atoms with Gasteiger partial charge in [0.25, 0.3) is 0 Å². The second kappa shape index (κ2) is 4.00. The fourth-order valence-corrected chi connectivity index (χ4v) is 2.91. The van der Waals surface area contributed by atoms with Crippen LogP contribution in [0.5, 0.6) is 0 Å². The molecule has 0 spiro atoms. The Morgan fingerprint density at radius 1 is 1.60 bits per heavy atom. The van der Waals surface area contributed by atoms with Crippen molar-refractivity contribution in [1.82, 2.24) is 4.98 Å². The van der Waals surface area contributed by atoms with E-state index in [1.54, 1.807) is 7.05 Å². The average molecular weight is 240 g/mol. The Bertz CT molecular complexity index is 476. The number of anilines is 1. The van der Waals surface area contributed by atoms with Gasteiger partial charge in [0.15, 0.2) is 10.8 Å². The lowest BCUT2D eigenvalue weighted by atomic mass is 10.3. The molecular formula is C9H8N2O2S2. The smallest absolute Gasteiger partial charge is 0.356 e. The maximum Gasteiger partial charge on any atom is 0.356 e. The van der Waals surface area contributed by atoms with Crippen molar-refractivity contribution in [2.24, 2.45) is 0 Å². The molecule has 0 amide bonds. The molecule has 0 aliphatic rings. The molecule has 2 heterocycles. The maximum absolute atomic E-state index is 11.0. The van der Waals surface area contributed by atoms with Crippen LogP contribution in [-0.2, 0) is 0 Å². The lowest BCUT2D eigenvalue weighted by Gasteiger charge is -1.91. The first kappa shape index (κ1) is 10.1. The third kappa shape index (κ3) is 1.86. The first-order chi connectivity index (χ1) is 7.22. The van der Waals surface area contributed by atoms with Crippen LogP contribution in [0.2, 0.25) is 0 Å². The van der Waals surface area contributed by atoms with Crippen LogP contribution < -0.4 is 5.32 Å². The topological polar surface area (TPSA) is 62.2 Å². The zero-order chi connectivity index (χ0) is 10.8. The number of nitrogens with one attached hydrogen (secondary N) is 1. The molecule has 2 N–H and O–H groups in total. The van der Waals surface area contributed by atoms with Crippen LogP contribution in [0.1, 0.15) is 10.5 Å². The second-order valence-corrected chi connectivity index (χ2v) is 4.68. The molecule has 0 atom stereocenters. The molecule has 78 valence electrons. The molecule has 0 aromatic carbocycles. The van der Waals surface area contributed by atoms with Gasteiger partial charge in [0.1, 0.15) is 0 Å². The van der Waals surface area contributed by atoms with E-state index in [4.69, 9.17) is 5.11 Å². The summed E-state index contributed by atoms with van der Waals surface area (Å²) in [5.74, 6) is -0.990. The number of carboxylic acids is 1. The van der Waals surface area contributed by atoms with Crippen molar-refractivity contribution in [3.05, 3.63) is 23.2 Å². The molecule has 0 radical (unpaired) electrons.